The van der Waals surface area contributed by atoms with Gasteiger partial charge in [0.2, 0.25) is 5.88 Å². The Kier molecular flexibility index (Phi) is 2.81. The molecule has 0 radical (unpaired) electrons. The van der Waals surface area contributed by atoms with Crippen LogP contribution in [0.1, 0.15) is 5.56 Å². The smallest absolute Gasteiger partial charge is 0.230 e. The van der Waals surface area contributed by atoms with E-state index in [1.165, 1.54) is 6.33 Å². The van der Waals surface area contributed by atoms with Crippen LogP contribution in [-0.4, -0.2) is 48.5 Å². The zero-order valence-corrected chi connectivity index (χ0v) is 14.0. The number of pyridine rings is 1. The van der Waals surface area contributed by atoms with E-state index in [-0.39, 0.29) is 0 Å². The summed E-state index contributed by atoms with van der Waals surface area (Å²) >= 11 is 0. The van der Waals surface area contributed by atoms with E-state index in [1.54, 1.807) is 18.6 Å². The average Bonchev–Trinajstić information content (AvgIpc) is 3.03. The molecule has 0 saturated heterocycles. The maximum atomic E-state index is 5.75. The van der Waals surface area contributed by atoms with Gasteiger partial charge in [0.25, 0.3) is 0 Å². The van der Waals surface area contributed by atoms with E-state index in [9.17, 15) is 0 Å². The molecule has 0 fully saturated rings. The summed E-state index contributed by atoms with van der Waals surface area (Å²) in [4.78, 5) is 28.1. The molecule has 0 spiro atoms. The van der Waals surface area contributed by atoms with Gasteiger partial charge in [0.15, 0.2) is 17.5 Å². The summed E-state index contributed by atoms with van der Waals surface area (Å²) in [6.07, 6.45) is 10.3. The fourth-order valence-corrected chi connectivity index (χ4v) is 3.40. The highest BCUT2D eigenvalue weighted by molar-refractivity contribution is 6.20. The number of aliphatic imine (C=N–C) groups is 1. The predicted molar refractivity (Wildman–Crippen MR) is 97.7 cm³/mol. The maximum absolute atomic E-state index is 5.75. The minimum atomic E-state index is 0.515. The lowest BCUT2D eigenvalue weighted by molar-refractivity contribution is 0.319. The lowest BCUT2D eigenvalue weighted by Gasteiger charge is -2.27. The summed E-state index contributed by atoms with van der Waals surface area (Å²) in [6, 6.07) is 4.10. The molecule has 6 rings (SSSR count). The number of ether oxygens (including phenoxy) is 1. The zero-order chi connectivity index (χ0) is 17.8. The molecular weight excluding hydrogens is 344 g/mol. The van der Waals surface area contributed by atoms with Gasteiger partial charge in [-0.05, 0) is 12.1 Å². The van der Waals surface area contributed by atoms with Crippen molar-refractivity contribution in [2.75, 3.05) is 18.1 Å². The first kappa shape index (κ1) is 14.3. The van der Waals surface area contributed by atoms with Crippen molar-refractivity contribution in [3.63, 3.8) is 0 Å². The monoisotopic (exact) mass is 356 g/mol. The standard InChI is InChI=1S/C18H12N8O/c1-4-26(13-9-19-2-3-20-13)16-11(1)7-12(8-21-16)25-5-6-27-18-14-15(22-10-23-18)24-17(14)25/h1-4,7-10H,5-6H2. The van der Waals surface area contributed by atoms with Gasteiger partial charge < -0.3 is 9.64 Å². The maximum Gasteiger partial charge on any atom is 0.230 e. The highest BCUT2D eigenvalue weighted by atomic mass is 16.5. The van der Waals surface area contributed by atoms with E-state index in [1.807, 2.05) is 23.0 Å². The molecule has 0 atom stereocenters. The molecule has 27 heavy (non-hydrogen) atoms. The van der Waals surface area contributed by atoms with Gasteiger partial charge in [0.1, 0.15) is 24.1 Å². The van der Waals surface area contributed by atoms with Crippen LogP contribution < -0.4 is 9.64 Å². The summed E-state index contributed by atoms with van der Waals surface area (Å²) in [5.74, 6) is 2.82. The zero-order valence-electron chi connectivity index (χ0n) is 14.0. The normalized spacial score (nSPS) is 14.8. The fourth-order valence-electron chi connectivity index (χ4n) is 3.40. The van der Waals surface area contributed by atoms with Gasteiger partial charge in [-0.2, -0.15) is 0 Å². The average molecular weight is 356 g/mol. The van der Waals surface area contributed by atoms with Gasteiger partial charge in [-0.15, -0.1) is 0 Å². The van der Waals surface area contributed by atoms with E-state index < -0.39 is 0 Å². The van der Waals surface area contributed by atoms with Gasteiger partial charge in [0.05, 0.1) is 24.6 Å². The molecule has 0 unspecified atom stereocenters. The van der Waals surface area contributed by atoms with E-state index in [4.69, 9.17) is 4.74 Å². The first-order chi connectivity index (χ1) is 13.4. The molecule has 0 N–H and O–H groups in total. The second-order valence-electron chi connectivity index (χ2n) is 6.17. The number of anilines is 1. The Hall–Kier alpha value is -3.88. The van der Waals surface area contributed by atoms with Crippen molar-refractivity contribution in [1.82, 2.24) is 29.5 Å². The molecule has 4 aromatic rings. The van der Waals surface area contributed by atoms with Crippen LogP contribution in [0.25, 0.3) is 16.9 Å². The Balaban J connectivity index is 1.43. The fraction of sp³-hybridized carbons (Fsp3) is 0.111. The Morgan fingerprint density at radius 1 is 1.04 bits per heavy atom. The molecule has 0 saturated carbocycles. The molecule has 0 aliphatic carbocycles. The first-order valence-corrected chi connectivity index (χ1v) is 8.46. The van der Waals surface area contributed by atoms with Crippen LogP contribution in [0.15, 0.2) is 54.4 Å². The van der Waals surface area contributed by atoms with Crippen molar-refractivity contribution in [3.05, 3.63) is 55.0 Å². The number of aromatic nitrogens is 6. The van der Waals surface area contributed by atoms with Gasteiger partial charge in [-0.1, -0.05) is 0 Å². The van der Waals surface area contributed by atoms with E-state index in [0.717, 1.165) is 33.9 Å². The topological polar surface area (TPSA) is 94.2 Å². The Morgan fingerprint density at radius 2 is 2.04 bits per heavy atom. The molecule has 6 heterocycles. The third-order valence-electron chi connectivity index (χ3n) is 4.66. The van der Waals surface area contributed by atoms with Gasteiger partial charge in [-0.25, -0.2) is 24.9 Å². The molecule has 130 valence electrons. The lowest BCUT2D eigenvalue weighted by Crippen LogP contribution is -2.35. The van der Waals surface area contributed by atoms with Crippen molar-refractivity contribution in [1.29, 1.82) is 0 Å². The summed E-state index contributed by atoms with van der Waals surface area (Å²) in [6.45, 7) is 1.17. The van der Waals surface area contributed by atoms with Crippen LogP contribution in [-0.2, 0) is 0 Å². The minimum absolute atomic E-state index is 0.515. The van der Waals surface area contributed by atoms with E-state index in [2.05, 4.69) is 40.9 Å². The second-order valence-corrected chi connectivity index (χ2v) is 6.17. The number of amidine groups is 1. The Labute approximate surface area is 153 Å². The summed E-state index contributed by atoms with van der Waals surface area (Å²) < 4.78 is 7.66. The predicted octanol–water partition coefficient (Wildman–Crippen LogP) is 1.90. The minimum Gasteiger partial charge on any atom is -0.475 e. The highest BCUT2D eigenvalue weighted by Gasteiger charge is 2.34. The number of rotatable bonds is 2. The molecule has 9 heteroatoms. The Morgan fingerprint density at radius 3 is 2.96 bits per heavy atom. The van der Waals surface area contributed by atoms with Crippen LogP contribution in [0.4, 0.5) is 11.5 Å². The van der Waals surface area contributed by atoms with Gasteiger partial charge >= 0.3 is 0 Å². The molecule has 2 aliphatic rings. The van der Waals surface area contributed by atoms with Crippen LogP contribution in [0.2, 0.25) is 0 Å². The first-order valence-electron chi connectivity index (χ1n) is 8.46. The van der Waals surface area contributed by atoms with E-state index in [0.29, 0.717) is 24.8 Å². The van der Waals surface area contributed by atoms with Gasteiger partial charge in [-0.3, -0.25) is 9.55 Å². The SMILES string of the molecule is c1cnc(-n2ccc3cc(N4CCOc5ncnc6c5C4=N6)cnc32)cn1. The molecular formula is C18H12N8O. The van der Waals surface area contributed by atoms with Crippen molar-refractivity contribution >= 4 is 28.4 Å². The molecule has 0 amide bonds. The van der Waals surface area contributed by atoms with Crippen molar-refractivity contribution in [3.8, 4) is 11.7 Å². The third-order valence-corrected chi connectivity index (χ3v) is 4.66. The molecule has 4 aromatic heterocycles. The van der Waals surface area contributed by atoms with Crippen molar-refractivity contribution < 1.29 is 4.74 Å². The molecule has 2 aliphatic heterocycles. The summed E-state index contributed by atoms with van der Waals surface area (Å²) in [7, 11) is 0. The Bertz CT molecular complexity index is 1220. The third kappa shape index (κ3) is 2.05. The van der Waals surface area contributed by atoms with Crippen molar-refractivity contribution in [2.45, 2.75) is 0 Å². The number of hydrogen-bond donors (Lipinski definition) is 0. The highest BCUT2D eigenvalue weighted by Crippen LogP contribution is 2.38. The molecule has 0 bridgehead atoms. The van der Waals surface area contributed by atoms with E-state index >= 15 is 0 Å². The quantitative estimate of drug-likeness (QED) is 0.541. The number of nitrogens with zero attached hydrogens (tertiary/aromatic N) is 8. The molecule has 0 aromatic carbocycles. The van der Waals surface area contributed by atoms with Crippen LogP contribution in [0.3, 0.4) is 0 Å². The summed E-state index contributed by atoms with van der Waals surface area (Å²) in [5, 5.41) is 1.01. The number of hydrogen-bond acceptors (Lipinski definition) is 8. The second kappa shape index (κ2) is 5.31. The largest absolute Gasteiger partial charge is 0.475 e. The number of fused-ring (bicyclic) bond motifs is 1. The van der Waals surface area contributed by atoms with Crippen LogP contribution >= 0.6 is 0 Å². The lowest BCUT2D eigenvalue weighted by atomic mass is 10.1. The van der Waals surface area contributed by atoms with Crippen LogP contribution in [0.5, 0.6) is 5.88 Å². The van der Waals surface area contributed by atoms with Crippen LogP contribution in [0, 0.1) is 0 Å². The van der Waals surface area contributed by atoms with Gasteiger partial charge in [0, 0.05) is 24.0 Å². The molecule has 9 nitrogen and oxygen atoms in total. The van der Waals surface area contributed by atoms with Crippen molar-refractivity contribution in [2.24, 2.45) is 4.99 Å². The summed E-state index contributed by atoms with van der Waals surface area (Å²) in [5.41, 5.74) is 2.64.